The van der Waals surface area contributed by atoms with Crippen molar-refractivity contribution in [1.29, 1.82) is 0 Å². The predicted octanol–water partition coefficient (Wildman–Crippen LogP) is 4.82. The molecule has 0 unspecified atom stereocenters. The van der Waals surface area contributed by atoms with Crippen LogP contribution in [0, 0.1) is 6.92 Å². The standard InChI is InChI=1S/C26H29N5O3S/c1-3-30-14-16-31(17-15-30)24-13-12-20(18-19(24)2)27-26-28-22-10-7-11-23(25(22)34-26)29-35(32,33)21-8-5-4-6-9-21/h4-13,18,29H,3,14-17H2,1-2H3,(H,27,28). The Kier molecular flexibility index (Phi) is 6.36. The van der Waals surface area contributed by atoms with Crippen molar-refractivity contribution in [1.82, 2.24) is 9.88 Å². The van der Waals surface area contributed by atoms with Crippen LogP contribution >= 0.6 is 0 Å². The number of hydrogen-bond acceptors (Lipinski definition) is 7. The average Bonchev–Trinajstić information content (AvgIpc) is 3.28. The number of aromatic nitrogens is 1. The topological polar surface area (TPSA) is 90.7 Å². The van der Waals surface area contributed by atoms with Gasteiger partial charge in [-0.1, -0.05) is 31.2 Å². The van der Waals surface area contributed by atoms with Gasteiger partial charge in [-0.3, -0.25) is 4.72 Å². The fourth-order valence-corrected chi connectivity index (χ4v) is 5.49. The van der Waals surface area contributed by atoms with Crippen molar-refractivity contribution < 1.29 is 12.8 Å². The van der Waals surface area contributed by atoms with Crippen LogP contribution in [0.4, 0.5) is 23.1 Å². The third-order valence-electron chi connectivity index (χ3n) is 6.32. The van der Waals surface area contributed by atoms with Crippen molar-refractivity contribution in [3.8, 4) is 0 Å². The summed E-state index contributed by atoms with van der Waals surface area (Å²) in [5.74, 6) is 0. The molecule has 9 heteroatoms. The molecule has 0 spiro atoms. The van der Waals surface area contributed by atoms with E-state index in [4.69, 9.17) is 4.42 Å². The number of piperazine rings is 1. The van der Waals surface area contributed by atoms with Crippen LogP contribution in [0.1, 0.15) is 12.5 Å². The lowest BCUT2D eigenvalue weighted by Gasteiger charge is -2.36. The van der Waals surface area contributed by atoms with Crippen LogP contribution in [-0.4, -0.2) is 51.0 Å². The molecule has 35 heavy (non-hydrogen) atoms. The van der Waals surface area contributed by atoms with Crippen LogP contribution < -0.4 is 14.9 Å². The highest BCUT2D eigenvalue weighted by Crippen LogP contribution is 2.31. The van der Waals surface area contributed by atoms with Crippen molar-refractivity contribution in [2.24, 2.45) is 0 Å². The number of nitrogens with zero attached hydrogens (tertiary/aromatic N) is 3. The molecule has 0 atom stereocenters. The fourth-order valence-electron chi connectivity index (χ4n) is 4.40. The number of para-hydroxylation sites is 1. The zero-order chi connectivity index (χ0) is 24.4. The first-order chi connectivity index (χ1) is 16.9. The normalized spacial score (nSPS) is 14.9. The molecule has 0 radical (unpaired) electrons. The minimum atomic E-state index is -3.75. The van der Waals surface area contributed by atoms with E-state index in [0.717, 1.165) is 38.4 Å². The number of fused-ring (bicyclic) bond motifs is 1. The third kappa shape index (κ3) is 4.96. The van der Waals surface area contributed by atoms with E-state index in [2.05, 4.69) is 50.8 Å². The molecule has 0 bridgehead atoms. The molecule has 1 aliphatic heterocycles. The molecule has 2 heterocycles. The lowest BCUT2D eigenvalue weighted by molar-refractivity contribution is 0.271. The first-order valence-electron chi connectivity index (χ1n) is 11.8. The molecule has 5 rings (SSSR count). The number of benzene rings is 3. The number of rotatable bonds is 7. The molecule has 2 N–H and O–H groups in total. The maximum atomic E-state index is 12.8. The summed E-state index contributed by atoms with van der Waals surface area (Å²) in [5, 5.41) is 3.22. The molecule has 182 valence electrons. The maximum Gasteiger partial charge on any atom is 0.300 e. The lowest BCUT2D eigenvalue weighted by Crippen LogP contribution is -2.46. The van der Waals surface area contributed by atoms with Crippen molar-refractivity contribution in [2.75, 3.05) is 47.7 Å². The van der Waals surface area contributed by atoms with Gasteiger partial charge in [0.25, 0.3) is 16.0 Å². The molecule has 4 aromatic rings. The molecule has 0 amide bonds. The van der Waals surface area contributed by atoms with Crippen LogP contribution in [0.3, 0.4) is 0 Å². The number of hydrogen-bond donors (Lipinski definition) is 2. The Labute approximate surface area is 205 Å². The van der Waals surface area contributed by atoms with Crippen LogP contribution in [-0.2, 0) is 10.0 Å². The van der Waals surface area contributed by atoms with Crippen molar-refractivity contribution in [3.05, 3.63) is 72.3 Å². The zero-order valence-electron chi connectivity index (χ0n) is 19.9. The SMILES string of the molecule is CCN1CCN(c2ccc(Nc3nc4cccc(NS(=O)(=O)c5ccccc5)c4o3)cc2C)CC1. The van der Waals surface area contributed by atoms with E-state index >= 15 is 0 Å². The van der Waals surface area contributed by atoms with Crippen molar-refractivity contribution >= 4 is 44.2 Å². The molecule has 1 aliphatic rings. The van der Waals surface area contributed by atoms with Crippen LogP contribution in [0.2, 0.25) is 0 Å². The highest BCUT2D eigenvalue weighted by Gasteiger charge is 2.19. The summed E-state index contributed by atoms with van der Waals surface area (Å²) in [5.41, 5.74) is 4.54. The summed E-state index contributed by atoms with van der Waals surface area (Å²) in [6.45, 7) is 9.60. The van der Waals surface area contributed by atoms with E-state index in [1.165, 1.54) is 11.3 Å². The van der Waals surface area contributed by atoms with Gasteiger partial charge in [0.05, 0.1) is 10.6 Å². The number of oxazole rings is 1. The van der Waals surface area contributed by atoms with E-state index < -0.39 is 10.0 Å². The second-order valence-corrected chi connectivity index (χ2v) is 10.3. The molecular weight excluding hydrogens is 462 g/mol. The molecule has 8 nitrogen and oxygen atoms in total. The van der Waals surface area contributed by atoms with Gasteiger partial charge in [0.2, 0.25) is 0 Å². The number of aryl methyl sites for hydroxylation is 1. The number of likely N-dealkylation sites (N-methyl/N-ethyl adjacent to an activating group) is 1. The second-order valence-electron chi connectivity index (χ2n) is 8.64. The van der Waals surface area contributed by atoms with E-state index in [9.17, 15) is 8.42 Å². The van der Waals surface area contributed by atoms with Gasteiger partial charge < -0.3 is 19.5 Å². The van der Waals surface area contributed by atoms with Gasteiger partial charge in [0.15, 0.2) is 5.58 Å². The number of sulfonamides is 1. The monoisotopic (exact) mass is 491 g/mol. The summed E-state index contributed by atoms with van der Waals surface area (Å²) in [6.07, 6.45) is 0. The summed E-state index contributed by atoms with van der Waals surface area (Å²) >= 11 is 0. The summed E-state index contributed by atoms with van der Waals surface area (Å²) < 4.78 is 34.1. The Morgan fingerprint density at radius 3 is 2.46 bits per heavy atom. The Morgan fingerprint density at radius 2 is 1.74 bits per heavy atom. The molecule has 0 aliphatic carbocycles. The third-order valence-corrected chi connectivity index (χ3v) is 7.70. The minimum Gasteiger partial charge on any atom is -0.421 e. The minimum absolute atomic E-state index is 0.182. The van der Waals surface area contributed by atoms with Gasteiger partial charge >= 0.3 is 0 Å². The van der Waals surface area contributed by atoms with Gasteiger partial charge in [0, 0.05) is 37.6 Å². The Bertz CT molecular complexity index is 1430. The molecule has 1 fully saturated rings. The van der Waals surface area contributed by atoms with Crippen molar-refractivity contribution in [3.63, 3.8) is 0 Å². The molecular formula is C26H29N5O3S. The van der Waals surface area contributed by atoms with Crippen molar-refractivity contribution in [2.45, 2.75) is 18.7 Å². The quantitative estimate of drug-likeness (QED) is 0.383. The van der Waals surface area contributed by atoms with Crippen LogP contribution in [0.5, 0.6) is 0 Å². The predicted molar refractivity (Wildman–Crippen MR) is 140 cm³/mol. The van der Waals surface area contributed by atoms with Gasteiger partial charge in [-0.2, -0.15) is 4.98 Å². The Balaban J connectivity index is 1.35. The molecule has 3 aromatic carbocycles. The summed E-state index contributed by atoms with van der Waals surface area (Å²) in [4.78, 5) is 9.57. The Morgan fingerprint density at radius 1 is 0.971 bits per heavy atom. The molecule has 1 saturated heterocycles. The van der Waals surface area contributed by atoms with Gasteiger partial charge in [0.1, 0.15) is 5.52 Å². The van der Waals surface area contributed by atoms with E-state index in [0.29, 0.717) is 22.8 Å². The smallest absolute Gasteiger partial charge is 0.300 e. The first-order valence-corrected chi connectivity index (χ1v) is 13.2. The van der Waals surface area contributed by atoms with E-state index in [1.807, 2.05) is 6.07 Å². The van der Waals surface area contributed by atoms with Gasteiger partial charge in [-0.05, 0) is 61.5 Å². The lowest BCUT2D eigenvalue weighted by atomic mass is 10.1. The average molecular weight is 492 g/mol. The second kappa shape index (κ2) is 9.59. The Hall–Kier alpha value is -3.56. The highest BCUT2D eigenvalue weighted by molar-refractivity contribution is 7.92. The largest absolute Gasteiger partial charge is 0.421 e. The van der Waals surface area contributed by atoms with Gasteiger partial charge in [-0.25, -0.2) is 8.42 Å². The van der Waals surface area contributed by atoms with Crippen LogP contribution in [0.25, 0.3) is 11.1 Å². The number of anilines is 4. The first kappa shape index (κ1) is 23.2. The van der Waals surface area contributed by atoms with Gasteiger partial charge in [-0.15, -0.1) is 0 Å². The fraction of sp³-hybridized carbons (Fsp3) is 0.269. The molecule has 1 aromatic heterocycles. The maximum absolute atomic E-state index is 12.8. The van der Waals surface area contributed by atoms with E-state index in [1.54, 1.807) is 48.5 Å². The van der Waals surface area contributed by atoms with E-state index in [-0.39, 0.29) is 4.90 Å². The number of nitrogens with one attached hydrogen (secondary N) is 2. The zero-order valence-corrected chi connectivity index (χ0v) is 20.7. The summed E-state index contributed by atoms with van der Waals surface area (Å²) in [7, 11) is -3.75. The summed E-state index contributed by atoms with van der Waals surface area (Å²) in [6, 6.07) is 20.0. The highest BCUT2D eigenvalue weighted by atomic mass is 32.2. The van der Waals surface area contributed by atoms with Crippen LogP contribution in [0.15, 0.2) is 76.0 Å². The molecule has 0 saturated carbocycles.